The van der Waals surface area contributed by atoms with E-state index in [1.54, 1.807) is 42.5 Å². The molecule has 31 heavy (non-hydrogen) atoms. The molecule has 0 spiro atoms. The minimum atomic E-state index is -0.425. The van der Waals surface area contributed by atoms with Crippen molar-refractivity contribution in [1.82, 2.24) is 5.32 Å². The molecule has 0 aliphatic carbocycles. The van der Waals surface area contributed by atoms with Gasteiger partial charge >= 0.3 is 0 Å². The van der Waals surface area contributed by atoms with Crippen molar-refractivity contribution in [3.63, 3.8) is 0 Å². The first-order chi connectivity index (χ1) is 15.0. The number of nitrogens with zero attached hydrogens (tertiary/aromatic N) is 1. The molecule has 3 aromatic rings. The lowest BCUT2D eigenvalue weighted by Crippen LogP contribution is -2.42. The summed E-state index contributed by atoms with van der Waals surface area (Å²) >= 11 is 1.25. The van der Waals surface area contributed by atoms with E-state index in [1.165, 1.54) is 40.9 Å². The van der Waals surface area contributed by atoms with Crippen LogP contribution < -0.4 is 10.2 Å². The maximum absolute atomic E-state index is 14.1. The van der Waals surface area contributed by atoms with Crippen molar-refractivity contribution in [3.8, 4) is 0 Å². The van der Waals surface area contributed by atoms with Gasteiger partial charge in [-0.25, -0.2) is 8.78 Å². The first-order valence-electron chi connectivity index (χ1n) is 9.57. The molecule has 0 bridgehead atoms. The molecule has 0 radical (unpaired) electrons. The Labute approximate surface area is 182 Å². The fourth-order valence-electron chi connectivity index (χ4n) is 3.15. The molecule has 7 heteroatoms. The zero-order valence-corrected chi connectivity index (χ0v) is 17.2. The Bertz CT molecular complexity index is 1160. The van der Waals surface area contributed by atoms with E-state index in [1.807, 2.05) is 12.1 Å². The highest BCUT2D eigenvalue weighted by molar-refractivity contribution is 8.04. The molecule has 1 aliphatic rings. The molecule has 3 aromatic carbocycles. The lowest BCUT2D eigenvalue weighted by molar-refractivity contribution is -0.122. The van der Waals surface area contributed by atoms with Gasteiger partial charge in [0.05, 0.1) is 10.6 Å². The van der Waals surface area contributed by atoms with Crippen molar-refractivity contribution in [1.29, 1.82) is 0 Å². The number of carbonyl (C=O) groups is 2. The van der Waals surface area contributed by atoms with Crippen LogP contribution in [0.15, 0.2) is 82.6 Å². The van der Waals surface area contributed by atoms with E-state index in [0.717, 1.165) is 10.5 Å². The van der Waals surface area contributed by atoms with Gasteiger partial charge in [-0.15, -0.1) is 0 Å². The third-order valence-corrected chi connectivity index (χ3v) is 5.81. The third kappa shape index (κ3) is 4.83. The van der Waals surface area contributed by atoms with E-state index in [9.17, 15) is 18.4 Å². The van der Waals surface area contributed by atoms with Crippen LogP contribution >= 0.6 is 11.8 Å². The number of halogens is 2. The van der Waals surface area contributed by atoms with Crippen LogP contribution in [0, 0.1) is 11.6 Å². The second-order valence-corrected chi connectivity index (χ2v) is 7.98. The van der Waals surface area contributed by atoms with E-state index >= 15 is 0 Å². The van der Waals surface area contributed by atoms with Crippen LogP contribution in [-0.4, -0.2) is 18.4 Å². The number of carbonyl (C=O) groups excluding carboxylic acids is 2. The molecule has 1 N–H and O–H groups in total. The summed E-state index contributed by atoms with van der Waals surface area (Å²) < 4.78 is 27.1. The van der Waals surface area contributed by atoms with Crippen molar-refractivity contribution in [3.05, 3.63) is 100 Å². The fraction of sp³-hybridized carbons (Fsp3) is 0.0833. The predicted molar refractivity (Wildman–Crippen MR) is 117 cm³/mol. The van der Waals surface area contributed by atoms with Gasteiger partial charge < -0.3 is 5.32 Å². The Morgan fingerprint density at radius 1 is 0.968 bits per heavy atom. The monoisotopic (exact) mass is 436 g/mol. The molecule has 0 atom stereocenters. The maximum atomic E-state index is 14.1. The van der Waals surface area contributed by atoms with Crippen LogP contribution in [0.2, 0.25) is 0 Å². The SMILES string of the molecule is O=C(CN1C(=O)/C(=C/c2ccccc2F)Sc2ccccc21)NCc1ccc(F)cc1. The summed E-state index contributed by atoms with van der Waals surface area (Å²) in [4.78, 5) is 28.2. The van der Waals surface area contributed by atoms with Gasteiger partial charge in [0.25, 0.3) is 5.91 Å². The van der Waals surface area contributed by atoms with Crippen molar-refractivity contribution in [2.75, 3.05) is 11.4 Å². The molecule has 4 nitrogen and oxygen atoms in total. The quantitative estimate of drug-likeness (QED) is 0.587. The van der Waals surface area contributed by atoms with Gasteiger partial charge in [0, 0.05) is 17.0 Å². The molecule has 0 fully saturated rings. The van der Waals surface area contributed by atoms with Crippen LogP contribution in [0.25, 0.3) is 6.08 Å². The van der Waals surface area contributed by atoms with Gasteiger partial charge in [0.2, 0.25) is 5.91 Å². The minimum absolute atomic E-state index is 0.188. The average molecular weight is 436 g/mol. The van der Waals surface area contributed by atoms with Crippen LogP contribution in [0.4, 0.5) is 14.5 Å². The predicted octanol–water partition coefficient (Wildman–Crippen LogP) is 4.76. The molecule has 0 aromatic heterocycles. The number of amides is 2. The van der Waals surface area contributed by atoms with Crippen LogP contribution in [0.5, 0.6) is 0 Å². The van der Waals surface area contributed by atoms with Gasteiger partial charge in [-0.3, -0.25) is 14.5 Å². The van der Waals surface area contributed by atoms with Gasteiger partial charge in [-0.1, -0.05) is 54.2 Å². The number of nitrogens with one attached hydrogen (secondary N) is 1. The lowest BCUT2D eigenvalue weighted by Gasteiger charge is -2.29. The molecule has 1 aliphatic heterocycles. The van der Waals surface area contributed by atoms with Crippen molar-refractivity contribution >= 4 is 35.3 Å². The summed E-state index contributed by atoms with van der Waals surface area (Å²) in [7, 11) is 0. The number of hydrogen-bond donors (Lipinski definition) is 1. The molecule has 0 saturated heterocycles. The Morgan fingerprint density at radius 3 is 2.45 bits per heavy atom. The van der Waals surface area contributed by atoms with Gasteiger partial charge in [-0.2, -0.15) is 0 Å². The lowest BCUT2D eigenvalue weighted by atomic mass is 10.2. The normalized spacial score (nSPS) is 14.5. The number of benzene rings is 3. The van der Waals surface area contributed by atoms with E-state index in [2.05, 4.69) is 5.32 Å². The smallest absolute Gasteiger partial charge is 0.265 e. The number of anilines is 1. The third-order valence-electron chi connectivity index (χ3n) is 4.73. The number of para-hydroxylation sites is 1. The van der Waals surface area contributed by atoms with Crippen LogP contribution in [0.3, 0.4) is 0 Å². The van der Waals surface area contributed by atoms with Gasteiger partial charge in [0.15, 0.2) is 0 Å². The highest BCUT2D eigenvalue weighted by Gasteiger charge is 2.30. The van der Waals surface area contributed by atoms with Crippen LogP contribution in [0.1, 0.15) is 11.1 Å². The topological polar surface area (TPSA) is 49.4 Å². The summed E-state index contributed by atoms with van der Waals surface area (Å²) in [6.07, 6.45) is 1.50. The average Bonchev–Trinajstić information content (AvgIpc) is 2.77. The first-order valence-corrected chi connectivity index (χ1v) is 10.4. The van der Waals surface area contributed by atoms with E-state index in [0.29, 0.717) is 16.2 Å². The Hall–Kier alpha value is -3.45. The second kappa shape index (κ2) is 9.14. The van der Waals surface area contributed by atoms with Crippen molar-refractivity contribution < 1.29 is 18.4 Å². The summed E-state index contributed by atoms with van der Waals surface area (Å²) in [5, 5.41) is 2.75. The number of thioether (sulfide) groups is 1. The highest BCUT2D eigenvalue weighted by Crippen LogP contribution is 2.42. The molecular weight excluding hydrogens is 418 g/mol. The van der Waals surface area contributed by atoms with E-state index in [-0.39, 0.29) is 30.7 Å². The Balaban J connectivity index is 1.55. The molecule has 156 valence electrons. The summed E-state index contributed by atoms with van der Waals surface area (Å²) in [6.45, 7) is 0.0294. The molecule has 0 unspecified atom stereocenters. The molecule has 2 amide bonds. The van der Waals surface area contributed by atoms with Gasteiger partial charge in [0.1, 0.15) is 18.2 Å². The summed E-state index contributed by atoms with van der Waals surface area (Å²) in [5.74, 6) is -1.50. The highest BCUT2D eigenvalue weighted by atomic mass is 32.2. The minimum Gasteiger partial charge on any atom is -0.350 e. The van der Waals surface area contributed by atoms with Gasteiger partial charge in [-0.05, 0) is 42.0 Å². The Kier molecular flexibility index (Phi) is 6.13. The molecule has 0 saturated carbocycles. The molecule has 1 heterocycles. The van der Waals surface area contributed by atoms with E-state index in [4.69, 9.17) is 0 Å². The number of rotatable bonds is 5. The second-order valence-electron chi connectivity index (χ2n) is 6.89. The molecular formula is C24H18F2N2O2S. The zero-order valence-electron chi connectivity index (χ0n) is 16.3. The van der Waals surface area contributed by atoms with Crippen LogP contribution in [-0.2, 0) is 16.1 Å². The first kappa shape index (κ1) is 20.8. The van der Waals surface area contributed by atoms with Crippen molar-refractivity contribution in [2.24, 2.45) is 0 Å². The Morgan fingerprint density at radius 2 is 1.68 bits per heavy atom. The van der Waals surface area contributed by atoms with Crippen molar-refractivity contribution in [2.45, 2.75) is 11.4 Å². The summed E-state index contributed by atoms with van der Waals surface area (Å²) in [5.41, 5.74) is 1.68. The fourth-order valence-corrected chi connectivity index (χ4v) is 4.20. The number of hydrogen-bond acceptors (Lipinski definition) is 3. The standard InChI is InChI=1S/C24H18F2N2O2S/c25-18-11-9-16(10-12-18)14-27-23(29)15-28-20-7-3-4-8-21(20)31-22(24(28)30)13-17-5-1-2-6-19(17)26/h1-13H,14-15H2,(H,27,29)/b22-13-. The summed E-state index contributed by atoms with van der Waals surface area (Å²) in [6, 6.07) is 19.3. The number of fused-ring (bicyclic) bond motifs is 1. The maximum Gasteiger partial charge on any atom is 0.265 e. The molecule has 4 rings (SSSR count). The zero-order chi connectivity index (χ0) is 21.8. The largest absolute Gasteiger partial charge is 0.350 e. The van der Waals surface area contributed by atoms with E-state index < -0.39 is 5.82 Å².